The van der Waals surface area contributed by atoms with E-state index in [9.17, 15) is 0 Å². The highest BCUT2D eigenvalue weighted by atomic mass is 16.7. The van der Waals surface area contributed by atoms with E-state index in [2.05, 4.69) is 60.7 Å². The molecule has 3 rings (SSSR count). The van der Waals surface area contributed by atoms with Crippen molar-refractivity contribution in [2.75, 3.05) is 20.5 Å². The first-order chi connectivity index (χ1) is 11.4. The van der Waals surface area contributed by atoms with Gasteiger partial charge in [-0.2, -0.15) is 0 Å². The lowest BCUT2D eigenvalue weighted by atomic mass is 10.0. The normalized spacial score (nSPS) is 22.9. The first-order valence-electron chi connectivity index (χ1n) is 8.55. The monoisotopic (exact) mass is 310 g/mol. The van der Waals surface area contributed by atoms with Gasteiger partial charge >= 0.3 is 0 Å². The summed E-state index contributed by atoms with van der Waals surface area (Å²) in [6.45, 7) is 1.21. The van der Waals surface area contributed by atoms with Gasteiger partial charge in [0.25, 0.3) is 0 Å². The van der Waals surface area contributed by atoms with Gasteiger partial charge in [-0.25, -0.2) is 0 Å². The molecular formula is C21H26O2. The Bertz CT molecular complexity index is 567. The van der Waals surface area contributed by atoms with E-state index in [0.717, 1.165) is 12.5 Å². The van der Waals surface area contributed by atoms with Crippen LogP contribution in [0.3, 0.4) is 0 Å². The molecule has 2 aromatic carbocycles. The first kappa shape index (κ1) is 16.2. The smallest absolute Gasteiger partial charge is 0.146 e. The van der Waals surface area contributed by atoms with Crippen LogP contribution in [0.1, 0.15) is 29.9 Å². The Labute approximate surface area is 139 Å². The Morgan fingerprint density at radius 2 is 1.57 bits per heavy atom. The zero-order valence-corrected chi connectivity index (χ0v) is 13.9. The summed E-state index contributed by atoms with van der Waals surface area (Å²) in [5.41, 5.74) is 2.90. The number of hydrogen-bond acceptors (Lipinski definition) is 2. The van der Waals surface area contributed by atoms with Crippen LogP contribution in [-0.2, 0) is 15.9 Å². The van der Waals surface area contributed by atoms with Crippen molar-refractivity contribution in [3.8, 4) is 0 Å². The van der Waals surface area contributed by atoms with Gasteiger partial charge in [0.1, 0.15) is 6.79 Å². The van der Waals surface area contributed by atoms with Gasteiger partial charge in [-0.3, -0.25) is 0 Å². The Morgan fingerprint density at radius 3 is 2.26 bits per heavy atom. The summed E-state index contributed by atoms with van der Waals surface area (Å²) in [4.78, 5) is 0. The van der Waals surface area contributed by atoms with Gasteiger partial charge < -0.3 is 9.47 Å². The molecule has 0 bridgehead atoms. The van der Waals surface area contributed by atoms with E-state index < -0.39 is 0 Å². The van der Waals surface area contributed by atoms with Crippen LogP contribution < -0.4 is 0 Å². The van der Waals surface area contributed by atoms with E-state index in [1.54, 1.807) is 7.11 Å². The predicted molar refractivity (Wildman–Crippen MR) is 93.4 cm³/mol. The molecule has 1 saturated carbocycles. The molecule has 122 valence electrons. The zero-order valence-electron chi connectivity index (χ0n) is 13.9. The molecule has 3 atom stereocenters. The summed E-state index contributed by atoms with van der Waals surface area (Å²) < 4.78 is 10.6. The van der Waals surface area contributed by atoms with Crippen LogP contribution in [0.2, 0.25) is 0 Å². The van der Waals surface area contributed by atoms with Gasteiger partial charge in [0.2, 0.25) is 0 Å². The summed E-state index contributed by atoms with van der Waals surface area (Å²) in [6.07, 6.45) is 3.69. The summed E-state index contributed by atoms with van der Waals surface area (Å²) in [5, 5.41) is 0. The van der Waals surface area contributed by atoms with E-state index in [-0.39, 0.29) is 0 Å². The van der Waals surface area contributed by atoms with E-state index >= 15 is 0 Å². The van der Waals surface area contributed by atoms with Crippen molar-refractivity contribution >= 4 is 0 Å². The first-order valence-corrected chi connectivity index (χ1v) is 8.55. The zero-order chi connectivity index (χ0) is 15.9. The van der Waals surface area contributed by atoms with Crippen LogP contribution in [-0.4, -0.2) is 20.5 Å². The summed E-state index contributed by atoms with van der Waals surface area (Å²) in [7, 11) is 1.68. The maximum atomic E-state index is 5.63. The second-order valence-corrected chi connectivity index (χ2v) is 6.42. The van der Waals surface area contributed by atoms with Crippen molar-refractivity contribution in [2.45, 2.75) is 25.2 Å². The lowest BCUT2D eigenvalue weighted by Gasteiger charge is -2.02. The molecule has 0 heterocycles. The van der Waals surface area contributed by atoms with Crippen molar-refractivity contribution in [3.63, 3.8) is 0 Å². The SMILES string of the molecule is COCOC[C@H]1[C@@H](CCCc2ccccc2)[C@@H]1c1ccccc1. The third-order valence-corrected chi connectivity index (χ3v) is 4.87. The fourth-order valence-corrected chi connectivity index (χ4v) is 3.69. The largest absolute Gasteiger partial charge is 0.359 e. The molecule has 0 spiro atoms. The van der Waals surface area contributed by atoms with Gasteiger partial charge in [0.05, 0.1) is 6.61 Å². The van der Waals surface area contributed by atoms with Crippen LogP contribution in [0.4, 0.5) is 0 Å². The fraction of sp³-hybridized carbons (Fsp3) is 0.429. The fourth-order valence-electron chi connectivity index (χ4n) is 3.69. The van der Waals surface area contributed by atoms with Crippen molar-refractivity contribution < 1.29 is 9.47 Å². The lowest BCUT2D eigenvalue weighted by Crippen LogP contribution is -2.02. The van der Waals surface area contributed by atoms with Crippen molar-refractivity contribution in [1.29, 1.82) is 0 Å². The van der Waals surface area contributed by atoms with Crippen LogP contribution in [0, 0.1) is 11.8 Å². The highest BCUT2D eigenvalue weighted by Crippen LogP contribution is 2.56. The molecule has 1 aliphatic carbocycles. The van der Waals surface area contributed by atoms with Crippen molar-refractivity contribution in [3.05, 3.63) is 71.8 Å². The Kier molecular flexibility index (Phi) is 5.84. The van der Waals surface area contributed by atoms with Gasteiger partial charge in [0.15, 0.2) is 0 Å². The maximum Gasteiger partial charge on any atom is 0.146 e. The number of hydrogen-bond donors (Lipinski definition) is 0. The summed E-state index contributed by atoms with van der Waals surface area (Å²) in [5.74, 6) is 2.05. The van der Waals surface area contributed by atoms with Crippen LogP contribution in [0.25, 0.3) is 0 Å². The molecule has 23 heavy (non-hydrogen) atoms. The van der Waals surface area contributed by atoms with E-state index in [1.165, 1.54) is 30.4 Å². The highest BCUT2D eigenvalue weighted by molar-refractivity contribution is 5.28. The molecule has 2 heteroatoms. The molecule has 0 N–H and O–H groups in total. The standard InChI is InChI=1S/C21H26O2/c1-22-16-23-15-20-19(21(20)18-12-6-3-7-13-18)14-8-11-17-9-4-2-5-10-17/h2-7,9-10,12-13,19-21H,8,11,14-16H2,1H3/t19-,20+,21+/m1/s1. The molecule has 2 nitrogen and oxygen atoms in total. The minimum absolute atomic E-state index is 0.398. The van der Waals surface area contributed by atoms with Crippen LogP contribution >= 0.6 is 0 Å². The quantitative estimate of drug-likeness (QED) is 0.495. The average Bonchev–Trinajstić information content (AvgIpc) is 3.30. The summed E-state index contributed by atoms with van der Waals surface area (Å²) in [6, 6.07) is 21.7. The Hall–Kier alpha value is -1.64. The molecule has 1 aliphatic rings. The molecule has 0 radical (unpaired) electrons. The lowest BCUT2D eigenvalue weighted by molar-refractivity contribution is -0.0360. The summed E-state index contributed by atoms with van der Waals surface area (Å²) >= 11 is 0. The molecule has 0 aliphatic heterocycles. The third-order valence-electron chi connectivity index (χ3n) is 4.87. The minimum Gasteiger partial charge on any atom is -0.359 e. The van der Waals surface area contributed by atoms with E-state index in [4.69, 9.17) is 9.47 Å². The highest BCUT2D eigenvalue weighted by Gasteiger charge is 2.49. The molecule has 0 amide bonds. The Balaban J connectivity index is 1.53. The minimum atomic E-state index is 0.398. The average molecular weight is 310 g/mol. The van der Waals surface area contributed by atoms with E-state index in [1.807, 2.05) is 0 Å². The maximum absolute atomic E-state index is 5.63. The second-order valence-electron chi connectivity index (χ2n) is 6.42. The van der Waals surface area contributed by atoms with Gasteiger partial charge in [-0.15, -0.1) is 0 Å². The van der Waals surface area contributed by atoms with Crippen LogP contribution in [0.5, 0.6) is 0 Å². The number of benzene rings is 2. The van der Waals surface area contributed by atoms with Gasteiger partial charge in [0, 0.05) is 7.11 Å². The molecule has 0 saturated heterocycles. The topological polar surface area (TPSA) is 18.5 Å². The molecule has 1 fully saturated rings. The molecule has 2 aromatic rings. The predicted octanol–water partition coefficient (Wildman–Crippen LogP) is 4.66. The molecular weight excluding hydrogens is 284 g/mol. The molecule has 0 unspecified atom stereocenters. The van der Waals surface area contributed by atoms with Crippen LogP contribution in [0.15, 0.2) is 60.7 Å². The Morgan fingerprint density at radius 1 is 0.870 bits per heavy atom. The number of ether oxygens (including phenoxy) is 2. The third kappa shape index (κ3) is 4.43. The molecule has 0 aromatic heterocycles. The second kappa shape index (κ2) is 8.28. The number of rotatable bonds is 9. The van der Waals surface area contributed by atoms with Crippen molar-refractivity contribution in [1.82, 2.24) is 0 Å². The van der Waals surface area contributed by atoms with E-state index in [0.29, 0.717) is 18.6 Å². The van der Waals surface area contributed by atoms with Crippen molar-refractivity contribution in [2.24, 2.45) is 11.8 Å². The van der Waals surface area contributed by atoms with Gasteiger partial charge in [-0.05, 0) is 48.1 Å². The number of aryl methyl sites for hydroxylation is 1. The van der Waals surface area contributed by atoms with Gasteiger partial charge in [-0.1, -0.05) is 60.7 Å². The number of methoxy groups -OCH3 is 1.